The molecule has 1 amide bonds. The Bertz CT molecular complexity index is 925. The molecule has 0 aliphatic heterocycles. The van der Waals surface area contributed by atoms with E-state index in [-0.39, 0.29) is 33.2 Å². The quantitative estimate of drug-likeness (QED) is 0.226. The number of benzene rings is 1. The van der Waals surface area contributed by atoms with Gasteiger partial charge < -0.3 is 0 Å². The summed E-state index contributed by atoms with van der Waals surface area (Å²) < 4.78 is 58.1. The van der Waals surface area contributed by atoms with Gasteiger partial charge in [0, 0.05) is 4.88 Å². The largest absolute Gasteiger partial charge is 0.313 e. The number of halogens is 1. The van der Waals surface area contributed by atoms with Crippen LogP contribution < -0.4 is 9.67 Å². The minimum atomic E-state index is -5.14. The van der Waals surface area contributed by atoms with Crippen LogP contribution in [-0.2, 0) is 18.7 Å². The standard InChI is InChI=1S/C8H10AsNO5.C4H5NO3S2.ClH/c1-5(11)10-8-6(9(13,14)15)3-2-4-7(8)12;1-3-4(5-2-9-3)10(6,7)8;/h2-4,12H,1H3,(H,10,11)(H2,13,14,15);2H,1H3,(H,6,7,8);1H. The first-order chi connectivity index (χ1) is 11.3. The Morgan fingerprint density at radius 3 is 2.23 bits per heavy atom. The minimum absolute atomic E-state index is 0. The molecule has 14 heteroatoms. The topological polar surface area (TPSA) is 174 Å². The number of aryl methyl sites for hydroxylation is 1. The molecule has 0 saturated carbocycles. The molecule has 0 atom stereocenters. The van der Waals surface area contributed by atoms with Crippen LogP contribution in [0, 0.1) is 6.92 Å². The summed E-state index contributed by atoms with van der Waals surface area (Å²) in [5.41, 5.74) is 1.15. The first-order valence-corrected chi connectivity index (χ1v) is 12.1. The number of amides is 1. The number of carbonyl (C=O) groups excluding carboxylic acids is 1. The molecule has 0 unspecified atom stereocenters. The van der Waals surface area contributed by atoms with E-state index >= 15 is 0 Å². The average Bonchev–Trinajstić information content (AvgIpc) is 2.86. The second-order valence-corrected chi connectivity index (χ2v) is 10.3. The van der Waals surface area contributed by atoms with Gasteiger partial charge in [-0.1, -0.05) is 0 Å². The van der Waals surface area contributed by atoms with Crippen molar-refractivity contribution in [2.24, 2.45) is 0 Å². The average molecular weight is 491 g/mol. The van der Waals surface area contributed by atoms with E-state index in [4.69, 9.17) is 12.7 Å². The van der Waals surface area contributed by atoms with E-state index < -0.39 is 30.2 Å². The van der Waals surface area contributed by atoms with Crippen molar-refractivity contribution >= 4 is 64.0 Å². The van der Waals surface area contributed by atoms with E-state index in [0.29, 0.717) is 4.88 Å². The maximum atomic E-state index is 11.1. The molecule has 26 heavy (non-hydrogen) atoms. The van der Waals surface area contributed by atoms with E-state index in [0.717, 1.165) is 0 Å². The van der Waals surface area contributed by atoms with Gasteiger partial charge in [-0.15, -0.1) is 23.7 Å². The number of phenols is 1. The summed E-state index contributed by atoms with van der Waals surface area (Å²) in [4.78, 5) is 14.7. The molecule has 0 aliphatic rings. The molecule has 10 nitrogen and oxygen atoms in total. The maximum absolute atomic E-state index is 11.1. The number of carbonyl (C=O) groups is 1. The summed E-state index contributed by atoms with van der Waals surface area (Å²) in [7, 11) is -4.09. The Morgan fingerprint density at radius 1 is 1.31 bits per heavy atom. The number of phenolic OH excluding ortho intramolecular Hbond substituents is 1. The number of anilines is 1. The van der Waals surface area contributed by atoms with E-state index in [1.165, 1.54) is 42.0 Å². The van der Waals surface area contributed by atoms with Gasteiger partial charge in [0.15, 0.2) is 5.03 Å². The fourth-order valence-electron chi connectivity index (χ4n) is 1.62. The number of aromatic nitrogens is 1. The van der Waals surface area contributed by atoms with Crippen molar-refractivity contribution in [3.8, 4) is 5.75 Å². The Morgan fingerprint density at radius 2 is 1.88 bits per heavy atom. The Hall–Kier alpha value is -1.40. The number of nitrogens with one attached hydrogen (secondary N) is 1. The molecular weight excluding hydrogens is 475 g/mol. The van der Waals surface area contributed by atoms with Crippen LogP contribution in [0.3, 0.4) is 0 Å². The number of rotatable bonds is 3. The third kappa shape index (κ3) is 7.08. The van der Waals surface area contributed by atoms with Crippen LogP contribution in [-0.4, -0.2) is 51.3 Å². The molecule has 5 N–H and O–H groups in total. The second-order valence-electron chi connectivity index (χ2n) is 4.59. The monoisotopic (exact) mass is 490 g/mol. The molecule has 1 aromatic carbocycles. The van der Waals surface area contributed by atoms with Crippen molar-refractivity contribution in [3.63, 3.8) is 0 Å². The Balaban J connectivity index is 0.000000497. The van der Waals surface area contributed by atoms with E-state index in [1.54, 1.807) is 6.92 Å². The predicted molar refractivity (Wildman–Crippen MR) is 96.8 cm³/mol. The summed E-state index contributed by atoms with van der Waals surface area (Å²) in [5, 5.41) is 11.3. The van der Waals surface area contributed by atoms with Gasteiger partial charge in [-0.05, 0) is 6.92 Å². The van der Waals surface area contributed by atoms with Crippen LogP contribution >= 0.6 is 23.7 Å². The number of nitrogens with zero attached hydrogens (tertiary/aromatic N) is 1. The molecule has 146 valence electrons. The van der Waals surface area contributed by atoms with Crippen LogP contribution in [0.15, 0.2) is 28.7 Å². The van der Waals surface area contributed by atoms with Crippen LogP contribution in [0.2, 0.25) is 0 Å². The van der Waals surface area contributed by atoms with Gasteiger partial charge in [0.05, 0.1) is 5.51 Å². The molecule has 0 saturated heterocycles. The predicted octanol–water partition coefficient (Wildman–Crippen LogP) is 0.0316. The van der Waals surface area contributed by atoms with Gasteiger partial charge >= 0.3 is 98.3 Å². The van der Waals surface area contributed by atoms with Gasteiger partial charge in [0.2, 0.25) is 0 Å². The molecule has 1 aromatic heterocycles. The van der Waals surface area contributed by atoms with E-state index in [1.807, 2.05) is 0 Å². The first kappa shape index (κ1) is 24.6. The smallest absolute Gasteiger partial charge is 0.281 e. The summed E-state index contributed by atoms with van der Waals surface area (Å²) in [6.07, 6.45) is 0. The van der Waals surface area contributed by atoms with Crippen LogP contribution in [0.4, 0.5) is 5.69 Å². The maximum Gasteiger partial charge on any atom is 0.313 e. The molecule has 0 bridgehead atoms. The van der Waals surface area contributed by atoms with Crippen molar-refractivity contribution in [3.05, 3.63) is 28.6 Å². The Labute approximate surface area is 162 Å². The van der Waals surface area contributed by atoms with Crippen molar-refractivity contribution in [1.29, 1.82) is 0 Å². The summed E-state index contributed by atoms with van der Waals surface area (Å²) in [5.74, 6) is -0.880. The van der Waals surface area contributed by atoms with Gasteiger partial charge in [0.1, 0.15) is 0 Å². The van der Waals surface area contributed by atoms with Crippen molar-refractivity contribution in [2.75, 3.05) is 5.32 Å². The van der Waals surface area contributed by atoms with Crippen LogP contribution in [0.5, 0.6) is 5.75 Å². The normalized spacial score (nSPS) is 11.0. The summed E-state index contributed by atoms with van der Waals surface area (Å²) >= 11 is -3.96. The fraction of sp³-hybridized carbons (Fsp3) is 0.167. The zero-order valence-electron chi connectivity index (χ0n) is 13.4. The van der Waals surface area contributed by atoms with E-state index in [2.05, 4.69) is 10.3 Å². The van der Waals surface area contributed by atoms with Crippen molar-refractivity contribution in [2.45, 2.75) is 18.9 Å². The zero-order chi connectivity index (χ0) is 19.4. The van der Waals surface area contributed by atoms with Gasteiger partial charge in [-0.25, -0.2) is 4.98 Å². The third-order valence-corrected chi connectivity index (χ3v) is 6.47. The number of para-hydroxylation sites is 1. The molecule has 0 spiro atoms. The molecule has 2 rings (SSSR count). The first-order valence-electron chi connectivity index (χ1n) is 6.37. The molecular formula is C12H16AsClN2O8S2. The van der Waals surface area contributed by atoms with Crippen molar-refractivity contribution in [1.82, 2.24) is 4.98 Å². The molecule has 2 aromatic rings. The van der Waals surface area contributed by atoms with Gasteiger partial charge in [-0.2, -0.15) is 8.42 Å². The summed E-state index contributed by atoms with van der Waals surface area (Å²) in [6.45, 7) is 2.77. The van der Waals surface area contributed by atoms with Crippen LogP contribution in [0.1, 0.15) is 11.8 Å². The van der Waals surface area contributed by atoms with E-state index in [9.17, 15) is 22.1 Å². The fourth-order valence-corrected chi connectivity index (χ4v) is 4.72. The third-order valence-electron chi connectivity index (χ3n) is 2.58. The number of hydrogen-bond acceptors (Lipinski definition) is 7. The van der Waals surface area contributed by atoms with Crippen LogP contribution in [0.25, 0.3) is 0 Å². The molecule has 1 heterocycles. The van der Waals surface area contributed by atoms with Gasteiger partial charge in [0.25, 0.3) is 0 Å². The van der Waals surface area contributed by atoms with Crippen molar-refractivity contribution < 1.29 is 34.8 Å². The zero-order valence-corrected chi connectivity index (χ0v) is 17.7. The number of aromatic hydroxyl groups is 1. The molecule has 0 fully saturated rings. The number of thiazole rings is 1. The molecule has 0 aliphatic carbocycles. The SMILES string of the molecule is CC(=O)Nc1c(O)cccc1[As](=O)(O)O.Cc1scnc1S(=O)(=O)O.Cl. The van der Waals surface area contributed by atoms with Gasteiger partial charge in [-0.3, -0.25) is 4.55 Å². The minimum Gasteiger partial charge on any atom is -0.281 e. The number of hydrogen-bond donors (Lipinski definition) is 5. The Kier molecular flexibility index (Phi) is 9.00. The second kappa shape index (κ2) is 9.51. The molecule has 0 radical (unpaired) electrons. The summed E-state index contributed by atoms with van der Waals surface area (Å²) in [6, 6.07) is 3.71.